The van der Waals surface area contributed by atoms with Crippen molar-refractivity contribution in [2.75, 3.05) is 13.2 Å². The molecule has 0 aromatic rings. The Morgan fingerprint density at radius 1 is 0.710 bits per heavy atom. The van der Waals surface area contributed by atoms with E-state index in [-0.39, 0.29) is 19.2 Å². The van der Waals surface area contributed by atoms with E-state index in [2.05, 4.69) is 31.2 Å². The first-order chi connectivity index (χ1) is 15.0. The Morgan fingerprint density at radius 2 is 1.23 bits per heavy atom. The first kappa shape index (κ1) is 28.9. The van der Waals surface area contributed by atoms with Crippen LogP contribution in [-0.2, 0) is 28.6 Å². The number of carbonyl (C=O) groups excluding carboxylic acids is 3. The van der Waals surface area contributed by atoms with Crippen LogP contribution in [0.3, 0.4) is 0 Å². The summed E-state index contributed by atoms with van der Waals surface area (Å²) in [6.07, 6.45) is 20.8. The second kappa shape index (κ2) is 21.1. The molecule has 0 heterocycles. The van der Waals surface area contributed by atoms with Gasteiger partial charge in [0.15, 0.2) is 6.10 Å². The van der Waals surface area contributed by atoms with Gasteiger partial charge in [-0.2, -0.15) is 0 Å². The fourth-order valence-electron chi connectivity index (χ4n) is 2.86. The lowest BCUT2D eigenvalue weighted by Crippen LogP contribution is -2.30. The third-order valence-electron chi connectivity index (χ3n) is 4.57. The van der Waals surface area contributed by atoms with Crippen LogP contribution >= 0.6 is 0 Å². The van der Waals surface area contributed by atoms with Gasteiger partial charge in [0.25, 0.3) is 0 Å². The molecule has 178 valence electrons. The quantitative estimate of drug-likeness (QED) is 0.109. The topological polar surface area (TPSA) is 78.9 Å². The highest BCUT2D eigenvalue weighted by atomic mass is 16.6. The largest absolute Gasteiger partial charge is 0.462 e. The lowest BCUT2D eigenvalue weighted by atomic mass is 10.1. The van der Waals surface area contributed by atoms with Crippen LogP contribution in [0.2, 0.25) is 0 Å². The van der Waals surface area contributed by atoms with Gasteiger partial charge in [0.1, 0.15) is 13.2 Å². The van der Waals surface area contributed by atoms with E-state index in [0.717, 1.165) is 44.9 Å². The summed E-state index contributed by atoms with van der Waals surface area (Å²) in [6, 6.07) is 0. The summed E-state index contributed by atoms with van der Waals surface area (Å²) in [6.45, 7) is 4.54. The van der Waals surface area contributed by atoms with Gasteiger partial charge in [-0.3, -0.25) is 14.4 Å². The summed E-state index contributed by atoms with van der Waals surface area (Å²) >= 11 is 0. The Balaban J connectivity index is 3.72. The minimum absolute atomic E-state index is 0.115. The molecule has 0 unspecified atom stereocenters. The maximum atomic E-state index is 12.0. The van der Waals surface area contributed by atoms with Crippen molar-refractivity contribution in [3.8, 4) is 0 Å². The van der Waals surface area contributed by atoms with Gasteiger partial charge in [-0.25, -0.2) is 0 Å². The van der Waals surface area contributed by atoms with Gasteiger partial charge in [0.05, 0.1) is 0 Å². The van der Waals surface area contributed by atoms with E-state index in [0.29, 0.717) is 6.42 Å². The lowest BCUT2D eigenvalue weighted by molar-refractivity contribution is -0.165. The average Bonchev–Trinajstić information content (AvgIpc) is 2.72. The molecule has 0 amide bonds. The number of rotatable bonds is 19. The fourth-order valence-corrected chi connectivity index (χ4v) is 2.86. The van der Waals surface area contributed by atoms with Gasteiger partial charge in [0.2, 0.25) is 0 Å². The molecule has 0 saturated heterocycles. The summed E-state index contributed by atoms with van der Waals surface area (Å²) in [7, 11) is 0. The van der Waals surface area contributed by atoms with Crippen LogP contribution in [0.5, 0.6) is 0 Å². The van der Waals surface area contributed by atoms with Crippen molar-refractivity contribution in [2.45, 2.75) is 104 Å². The van der Waals surface area contributed by atoms with Crippen LogP contribution in [0.1, 0.15) is 97.8 Å². The molecule has 0 aliphatic heterocycles. The molecule has 0 spiro atoms. The van der Waals surface area contributed by atoms with Crippen molar-refractivity contribution >= 4 is 17.9 Å². The molecule has 31 heavy (non-hydrogen) atoms. The SMILES string of the molecule is CCCCC/C=C/C/C=C/CCCCCCCC(=O)OC(COC(C)=O)COC(C)=O. The fraction of sp³-hybridized carbons (Fsp3) is 0.720. The summed E-state index contributed by atoms with van der Waals surface area (Å²) in [4.78, 5) is 33.8. The molecule has 0 fully saturated rings. The standard InChI is InChI=1S/C25H42O6/c1-4-5-6-7-8-9-10-11-12-13-14-15-16-17-18-19-25(28)31-24(20-29-22(2)26)21-30-23(3)27/h8-9,11-12,24H,4-7,10,13-21H2,1-3H3/b9-8+,12-11+. The molecule has 0 N–H and O–H groups in total. The van der Waals surface area contributed by atoms with Gasteiger partial charge < -0.3 is 14.2 Å². The Bertz CT molecular complexity index is 520. The smallest absolute Gasteiger partial charge is 0.306 e. The molecular formula is C25H42O6. The maximum Gasteiger partial charge on any atom is 0.306 e. The molecule has 0 bridgehead atoms. The first-order valence-corrected chi connectivity index (χ1v) is 11.7. The number of allylic oxidation sites excluding steroid dienone is 4. The van der Waals surface area contributed by atoms with E-state index in [1.807, 2.05) is 0 Å². The Kier molecular flexibility index (Phi) is 19.7. The zero-order valence-electron chi connectivity index (χ0n) is 19.7. The number of hydrogen-bond donors (Lipinski definition) is 0. The molecule has 0 rings (SSSR count). The minimum atomic E-state index is -0.765. The normalized spacial score (nSPS) is 11.4. The Labute approximate surface area is 188 Å². The average molecular weight is 439 g/mol. The minimum Gasteiger partial charge on any atom is -0.462 e. The number of esters is 3. The number of carbonyl (C=O) groups is 3. The Morgan fingerprint density at radius 3 is 1.77 bits per heavy atom. The summed E-state index contributed by atoms with van der Waals surface area (Å²) in [5.74, 6) is -1.31. The van der Waals surface area contributed by atoms with Gasteiger partial charge in [-0.1, -0.05) is 63.3 Å². The van der Waals surface area contributed by atoms with Crippen molar-refractivity contribution in [1.82, 2.24) is 0 Å². The highest BCUT2D eigenvalue weighted by molar-refractivity contribution is 5.70. The molecule has 6 nitrogen and oxygen atoms in total. The van der Waals surface area contributed by atoms with E-state index in [9.17, 15) is 14.4 Å². The van der Waals surface area contributed by atoms with Gasteiger partial charge in [-0.05, 0) is 38.5 Å². The molecular weight excluding hydrogens is 396 g/mol. The summed E-state index contributed by atoms with van der Waals surface area (Å²) in [5.41, 5.74) is 0. The second-order valence-corrected chi connectivity index (χ2v) is 7.70. The van der Waals surface area contributed by atoms with Crippen LogP contribution in [0.25, 0.3) is 0 Å². The molecule has 0 radical (unpaired) electrons. The second-order valence-electron chi connectivity index (χ2n) is 7.70. The van der Waals surface area contributed by atoms with E-state index in [1.54, 1.807) is 0 Å². The van der Waals surface area contributed by atoms with Crippen molar-refractivity contribution in [3.63, 3.8) is 0 Å². The van der Waals surface area contributed by atoms with Crippen LogP contribution in [-0.4, -0.2) is 37.2 Å². The van der Waals surface area contributed by atoms with E-state index in [4.69, 9.17) is 14.2 Å². The Hall–Kier alpha value is -2.11. The molecule has 0 atom stereocenters. The number of ether oxygens (including phenoxy) is 3. The molecule has 0 aromatic carbocycles. The third-order valence-corrected chi connectivity index (χ3v) is 4.57. The van der Waals surface area contributed by atoms with Crippen molar-refractivity contribution < 1.29 is 28.6 Å². The summed E-state index contributed by atoms with van der Waals surface area (Å²) < 4.78 is 15.0. The zero-order valence-corrected chi connectivity index (χ0v) is 19.7. The highest BCUT2D eigenvalue weighted by Gasteiger charge is 2.17. The number of hydrogen-bond acceptors (Lipinski definition) is 6. The van der Waals surface area contributed by atoms with E-state index in [1.165, 1.54) is 39.5 Å². The summed E-state index contributed by atoms with van der Waals surface area (Å²) in [5, 5.41) is 0. The van der Waals surface area contributed by atoms with E-state index < -0.39 is 18.0 Å². The van der Waals surface area contributed by atoms with Gasteiger partial charge >= 0.3 is 17.9 Å². The van der Waals surface area contributed by atoms with Crippen LogP contribution in [0.15, 0.2) is 24.3 Å². The van der Waals surface area contributed by atoms with Crippen LogP contribution < -0.4 is 0 Å². The van der Waals surface area contributed by atoms with Gasteiger partial charge in [-0.15, -0.1) is 0 Å². The van der Waals surface area contributed by atoms with Gasteiger partial charge in [0, 0.05) is 20.3 Å². The first-order valence-electron chi connectivity index (χ1n) is 11.7. The molecule has 0 aliphatic rings. The molecule has 0 aliphatic carbocycles. The van der Waals surface area contributed by atoms with Crippen molar-refractivity contribution in [1.29, 1.82) is 0 Å². The maximum absolute atomic E-state index is 12.0. The van der Waals surface area contributed by atoms with Crippen LogP contribution in [0, 0.1) is 0 Å². The molecule has 6 heteroatoms. The predicted octanol–water partition coefficient (Wildman–Crippen LogP) is 5.84. The number of unbranched alkanes of at least 4 members (excludes halogenated alkanes) is 8. The van der Waals surface area contributed by atoms with E-state index >= 15 is 0 Å². The molecule has 0 saturated carbocycles. The van der Waals surface area contributed by atoms with Crippen LogP contribution in [0.4, 0.5) is 0 Å². The molecule has 0 aromatic heterocycles. The zero-order chi connectivity index (χ0) is 23.2. The highest BCUT2D eigenvalue weighted by Crippen LogP contribution is 2.10. The van der Waals surface area contributed by atoms with Crippen molar-refractivity contribution in [3.05, 3.63) is 24.3 Å². The predicted molar refractivity (Wildman–Crippen MR) is 123 cm³/mol. The third kappa shape index (κ3) is 22.4. The monoisotopic (exact) mass is 438 g/mol. The van der Waals surface area contributed by atoms with Crippen molar-refractivity contribution in [2.24, 2.45) is 0 Å². The lowest BCUT2D eigenvalue weighted by Gasteiger charge is -2.17.